The third-order valence-electron chi connectivity index (χ3n) is 4.81. The topological polar surface area (TPSA) is 64.6 Å². The minimum absolute atomic E-state index is 0.0357. The number of benzene rings is 3. The van der Waals surface area contributed by atoms with Gasteiger partial charge < -0.3 is 14.8 Å². The number of esters is 1. The van der Waals surface area contributed by atoms with Crippen molar-refractivity contribution in [2.24, 2.45) is 0 Å². The summed E-state index contributed by atoms with van der Waals surface area (Å²) in [4.78, 5) is 25.5. The molecule has 0 spiro atoms. The maximum Gasteiger partial charge on any atom is 0.310 e. The van der Waals surface area contributed by atoms with Gasteiger partial charge in [0.25, 0.3) is 5.91 Å². The van der Waals surface area contributed by atoms with Crippen LogP contribution in [-0.4, -0.2) is 18.5 Å². The van der Waals surface area contributed by atoms with Crippen LogP contribution in [0.25, 0.3) is 0 Å². The van der Waals surface area contributed by atoms with Gasteiger partial charge in [-0.05, 0) is 55.7 Å². The smallest absolute Gasteiger partial charge is 0.310 e. The molecular weight excluding hydrogens is 390 g/mol. The van der Waals surface area contributed by atoms with Gasteiger partial charge in [-0.2, -0.15) is 0 Å². The number of aryl methyl sites for hydroxylation is 3. The first-order valence-electron chi connectivity index (χ1n) is 10.2. The molecule has 0 aliphatic rings. The predicted molar refractivity (Wildman–Crippen MR) is 121 cm³/mol. The van der Waals surface area contributed by atoms with Crippen LogP contribution in [-0.2, 0) is 14.3 Å². The first-order valence-corrected chi connectivity index (χ1v) is 10.2. The molecule has 0 fully saturated rings. The van der Waals surface area contributed by atoms with Crippen molar-refractivity contribution in [1.82, 2.24) is 0 Å². The van der Waals surface area contributed by atoms with Crippen molar-refractivity contribution in [3.63, 3.8) is 0 Å². The second-order valence-corrected chi connectivity index (χ2v) is 7.50. The van der Waals surface area contributed by atoms with Crippen molar-refractivity contribution in [2.75, 3.05) is 11.9 Å². The summed E-state index contributed by atoms with van der Waals surface area (Å²) in [6, 6.07) is 22.4. The van der Waals surface area contributed by atoms with Crippen molar-refractivity contribution in [2.45, 2.75) is 33.3 Å². The van der Waals surface area contributed by atoms with Gasteiger partial charge in [0, 0.05) is 11.3 Å². The molecule has 0 heterocycles. The molecule has 0 saturated heterocycles. The van der Waals surface area contributed by atoms with E-state index in [0.717, 1.165) is 16.7 Å². The van der Waals surface area contributed by atoms with Gasteiger partial charge in [0.15, 0.2) is 0 Å². The van der Waals surface area contributed by atoms with Crippen molar-refractivity contribution in [3.8, 4) is 5.75 Å². The molecule has 5 heteroatoms. The Morgan fingerprint density at radius 3 is 2.35 bits per heavy atom. The number of carbonyl (C=O) groups is 2. The third kappa shape index (κ3) is 6.44. The SMILES string of the molecule is Cc1cccc(OCCC(=O)O[C@@H](C(=O)Nc2cc(C)ccc2C)c2ccccc2)c1. The lowest BCUT2D eigenvalue weighted by molar-refractivity contribution is -0.155. The summed E-state index contributed by atoms with van der Waals surface area (Å²) in [7, 11) is 0. The van der Waals surface area contributed by atoms with E-state index in [-0.39, 0.29) is 13.0 Å². The Morgan fingerprint density at radius 1 is 0.871 bits per heavy atom. The highest BCUT2D eigenvalue weighted by Crippen LogP contribution is 2.23. The maximum absolute atomic E-state index is 13.0. The number of hydrogen-bond donors (Lipinski definition) is 1. The molecule has 0 aromatic heterocycles. The molecular formula is C26H27NO4. The van der Waals surface area contributed by atoms with Crippen molar-refractivity contribution >= 4 is 17.6 Å². The van der Waals surface area contributed by atoms with Gasteiger partial charge in [-0.3, -0.25) is 9.59 Å². The van der Waals surface area contributed by atoms with Crippen LogP contribution in [0.1, 0.15) is 34.8 Å². The van der Waals surface area contributed by atoms with E-state index in [2.05, 4.69) is 5.32 Å². The van der Waals surface area contributed by atoms with Crippen molar-refractivity contribution < 1.29 is 19.1 Å². The van der Waals surface area contributed by atoms with E-state index in [4.69, 9.17) is 9.47 Å². The quantitative estimate of drug-likeness (QED) is 0.505. The Labute approximate surface area is 183 Å². The lowest BCUT2D eigenvalue weighted by Crippen LogP contribution is -2.26. The van der Waals surface area contributed by atoms with E-state index in [1.54, 1.807) is 12.1 Å². The predicted octanol–water partition coefficient (Wildman–Crippen LogP) is 5.30. The highest BCUT2D eigenvalue weighted by molar-refractivity contribution is 5.96. The zero-order chi connectivity index (χ0) is 22.2. The van der Waals surface area contributed by atoms with Gasteiger partial charge in [-0.25, -0.2) is 0 Å². The first kappa shape index (κ1) is 22.1. The summed E-state index contributed by atoms with van der Waals surface area (Å²) in [5, 5.41) is 2.90. The molecule has 0 aliphatic carbocycles. The molecule has 0 bridgehead atoms. The highest BCUT2D eigenvalue weighted by Gasteiger charge is 2.25. The van der Waals surface area contributed by atoms with Gasteiger partial charge in [-0.1, -0.05) is 54.6 Å². The minimum atomic E-state index is -1.05. The Balaban J connectivity index is 1.66. The zero-order valence-electron chi connectivity index (χ0n) is 18.1. The van der Waals surface area contributed by atoms with Gasteiger partial charge in [-0.15, -0.1) is 0 Å². The van der Waals surface area contributed by atoms with E-state index in [1.807, 2.05) is 81.4 Å². The lowest BCUT2D eigenvalue weighted by Gasteiger charge is -2.19. The maximum atomic E-state index is 13.0. The average molecular weight is 418 g/mol. The van der Waals surface area contributed by atoms with Gasteiger partial charge in [0.2, 0.25) is 6.10 Å². The zero-order valence-corrected chi connectivity index (χ0v) is 18.1. The first-order chi connectivity index (χ1) is 14.9. The standard InChI is InChI=1S/C26H27NO4/c1-18-8-7-11-22(16-18)30-15-14-24(28)31-25(21-9-5-4-6-10-21)26(29)27-23-17-19(2)12-13-20(23)3/h4-13,16-17,25H,14-15H2,1-3H3,(H,27,29)/t25-/m1/s1. The largest absolute Gasteiger partial charge is 0.493 e. The number of rotatable bonds is 8. The Bertz CT molecular complexity index is 1050. The van der Waals surface area contributed by atoms with Crippen LogP contribution in [0.3, 0.4) is 0 Å². The fraction of sp³-hybridized carbons (Fsp3) is 0.231. The van der Waals surface area contributed by atoms with Gasteiger partial charge >= 0.3 is 5.97 Å². The van der Waals surface area contributed by atoms with E-state index < -0.39 is 18.0 Å². The second-order valence-electron chi connectivity index (χ2n) is 7.50. The molecule has 160 valence electrons. The summed E-state index contributed by atoms with van der Waals surface area (Å²) in [6.07, 6.45) is -1.01. The van der Waals surface area contributed by atoms with Crippen molar-refractivity contribution in [3.05, 3.63) is 95.1 Å². The normalized spacial score (nSPS) is 11.5. The molecule has 1 amide bonds. The van der Waals surface area contributed by atoms with Crippen LogP contribution in [0.5, 0.6) is 5.75 Å². The molecule has 0 unspecified atom stereocenters. The fourth-order valence-corrected chi connectivity index (χ4v) is 3.12. The van der Waals surface area contributed by atoms with E-state index in [9.17, 15) is 9.59 Å². The van der Waals surface area contributed by atoms with E-state index in [1.165, 1.54) is 0 Å². The third-order valence-corrected chi connectivity index (χ3v) is 4.81. The van der Waals surface area contributed by atoms with Crippen LogP contribution in [0.2, 0.25) is 0 Å². The van der Waals surface area contributed by atoms with Crippen LogP contribution in [0, 0.1) is 20.8 Å². The molecule has 3 aromatic rings. The summed E-state index contributed by atoms with van der Waals surface area (Å²) < 4.78 is 11.2. The van der Waals surface area contributed by atoms with Gasteiger partial charge in [0.05, 0.1) is 13.0 Å². The second kappa shape index (κ2) is 10.4. The van der Waals surface area contributed by atoms with E-state index in [0.29, 0.717) is 17.0 Å². The summed E-state index contributed by atoms with van der Waals surface area (Å²) in [6.45, 7) is 6.02. The van der Waals surface area contributed by atoms with Crippen molar-refractivity contribution in [1.29, 1.82) is 0 Å². The average Bonchev–Trinajstić information content (AvgIpc) is 2.75. The summed E-state index contributed by atoms with van der Waals surface area (Å²) in [5.41, 5.74) is 4.35. The fourth-order valence-electron chi connectivity index (χ4n) is 3.12. The molecule has 3 rings (SSSR count). The lowest BCUT2D eigenvalue weighted by atomic mass is 10.1. The minimum Gasteiger partial charge on any atom is -0.493 e. The summed E-state index contributed by atoms with van der Waals surface area (Å²) in [5.74, 6) is -0.203. The van der Waals surface area contributed by atoms with Gasteiger partial charge in [0.1, 0.15) is 5.75 Å². The molecule has 0 saturated carbocycles. The van der Waals surface area contributed by atoms with Crippen LogP contribution >= 0.6 is 0 Å². The molecule has 31 heavy (non-hydrogen) atoms. The summed E-state index contributed by atoms with van der Waals surface area (Å²) >= 11 is 0. The molecule has 0 aliphatic heterocycles. The molecule has 5 nitrogen and oxygen atoms in total. The molecule has 1 N–H and O–H groups in total. The number of ether oxygens (including phenoxy) is 2. The highest BCUT2D eigenvalue weighted by atomic mass is 16.6. The number of amides is 1. The molecule has 3 aromatic carbocycles. The van der Waals surface area contributed by atoms with E-state index >= 15 is 0 Å². The Kier molecular flexibility index (Phi) is 7.44. The monoisotopic (exact) mass is 417 g/mol. The Morgan fingerprint density at radius 2 is 1.61 bits per heavy atom. The molecule has 1 atom stereocenters. The molecule has 0 radical (unpaired) electrons. The number of carbonyl (C=O) groups excluding carboxylic acids is 2. The van der Waals surface area contributed by atoms with Crippen LogP contribution in [0.4, 0.5) is 5.69 Å². The Hall–Kier alpha value is -3.60. The van der Waals surface area contributed by atoms with Crippen LogP contribution in [0.15, 0.2) is 72.8 Å². The number of nitrogens with one attached hydrogen (secondary N) is 1. The number of hydrogen-bond acceptors (Lipinski definition) is 4. The number of anilines is 1. The van der Waals surface area contributed by atoms with Crippen LogP contribution < -0.4 is 10.1 Å².